The molecule has 5 nitrogen and oxygen atoms in total. The van der Waals surface area contributed by atoms with Gasteiger partial charge in [-0.25, -0.2) is 4.68 Å². The predicted octanol–water partition coefficient (Wildman–Crippen LogP) is 4.66. The van der Waals surface area contributed by atoms with Gasteiger partial charge in [0.25, 0.3) is 5.56 Å². The number of carbonyl (C=O) groups excluding carboxylic acids is 1. The summed E-state index contributed by atoms with van der Waals surface area (Å²) >= 11 is 0. The Bertz CT molecular complexity index is 1400. The number of anilines is 1. The van der Waals surface area contributed by atoms with Crippen LogP contribution in [0.1, 0.15) is 23.1 Å². The van der Waals surface area contributed by atoms with E-state index in [1.165, 1.54) is 15.8 Å². The van der Waals surface area contributed by atoms with Crippen molar-refractivity contribution in [3.8, 4) is 11.3 Å². The molecule has 2 heterocycles. The molecule has 1 aliphatic rings. The molecule has 0 bridgehead atoms. The van der Waals surface area contributed by atoms with Crippen molar-refractivity contribution in [1.82, 2.24) is 9.78 Å². The first-order valence-corrected chi connectivity index (χ1v) is 11.0. The molecule has 5 heteroatoms. The quantitative estimate of drug-likeness (QED) is 0.482. The summed E-state index contributed by atoms with van der Waals surface area (Å²) in [6.45, 7) is 4.70. The summed E-state index contributed by atoms with van der Waals surface area (Å²) in [6, 6.07) is 21.6. The highest BCUT2D eigenvalue weighted by Crippen LogP contribution is 2.28. The summed E-state index contributed by atoms with van der Waals surface area (Å²) in [5.74, 6) is -0.118. The van der Waals surface area contributed by atoms with E-state index >= 15 is 0 Å². The summed E-state index contributed by atoms with van der Waals surface area (Å²) in [6.07, 6.45) is 1.88. The first-order chi connectivity index (χ1) is 15.5. The highest BCUT2D eigenvalue weighted by molar-refractivity contribution is 5.96. The molecule has 1 amide bonds. The standard InChI is InChI=1S/C27H25N3O2/c1-18-13-14-21(16-19(18)2)26-22-10-4-5-11-23(22)27(32)30(28-26)17-25(31)29-15-7-9-20-8-3-6-12-24(20)29/h3-6,8,10-14,16H,7,9,15,17H2,1-2H3. The minimum Gasteiger partial charge on any atom is -0.311 e. The van der Waals surface area contributed by atoms with Crippen LogP contribution in [0.15, 0.2) is 71.5 Å². The number of aromatic nitrogens is 2. The third-order valence-electron chi connectivity index (χ3n) is 6.34. The molecule has 0 saturated heterocycles. The average molecular weight is 424 g/mol. The van der Waals surface area contributed by atoms with Gasteiger partial charge >= 0.3 is 0 Å². The van der Waals surface area contributed by atoms with E-state index in [2.05, 4.69) is 37.1 Å². The van der Waals surface area contributed by atoms with Crippen molar-refractivity contribution in [3.63, 3.8) is 0 Å². The first-order valence-electron chi connectivity index (χ1n) is 11.0. The second kappa shape index (κ2) is 8.08. The number of amides is 1. The van der Waals surface area contributed by atoms with Crippen LogP contribution in [0.4, 0.5) is 5.69 Å². The number of para-hydroxylation sites is 1. The van der Waals surface area contributed by atoms with E-state index in [0.717, 1.165) is 40.7 Å². The highest BCUT2D eigenvalue weighted by Gasteiger charge is 2.23. The summed E-state index contributed by atoms with van der Waals surface area (Å²) in [7, 11) is 0. The largest absolute Gasteiger partial charge is 0.311 e. The van der Waals surface area contributed by atoms with Crippen LogP contribution in [-0.2, 0) is 17.8 Å². The Morgan fingerprint density at radius 3 is 2.50 bits per heavy atom. The lowest BCUT2D eigenvalue weighted by molar-refractivity contribution is -0.119. The molecule has 4 aromatic rings. The number of hydrogen-bond acceptors (Lipinski definition) is 3. The Morgan fingerprint density at radius 1 is 0.938 bits per heavy atom. The maximum Gasteiger partial charge on any atom is 0.275 e. The molecule has 0 N–H and O–H groups in total. The lowest BCUT2D eigenvalue weighted by Crippen LogP contribution is -2.40. The fourth-order valence-corrected chi connectivity index (χ4v) is 4.45. The van der Waals surface area contributed by atoms with Crippen LogP contribution in [-0.4, -0.2) is 22.2 Å². The van der Waals surface area contributed by atoms with Gasteiger partial charge < -0.3 is 4.90 Å². The molecule has 32 heavy (non-hydrogen) atoms. The fourth-order valence-electron chi connectivity index (χ4n) is 4.45. The van der Waals surface area contributed by atoms with Crippen molar-refractivity contribution >= 4 is 22.4 Å². The van der Waals surface area contributed by atoms with Crippen molar-refractivity contribution in [1.29, 1.82) is 0 Å². The van der Waals surface area contributed by atoms with E-state index in [1.54, 1.807) is 11.0 Å². The Kier molecular flexibility index (Phi) is 5.10. The van der Waals surface area contributed by atoms with Crippen molar-refractivity contribution in [3.05, 3.63) is 93.8 Å². The van der Waals surface area contributed by atoms with Gasteiger partial charge in [0.2, 0.25) is 5.91 Å². The van der Waals surface area contributed by atoms with Gasteiger partial charge in [-0.3, -0.25) is 9.59 Å². The van der Waals surface area contributed by atoms with Gasteiger partial charge in [0.15, 0.2) is 0 Å². The normalized spacial score (nSPS) is 13.2. The second-order valence-corrected chi connectivity index (χ2v) is 8.43. The van der Waals surface area contributed by atoms with Crippen LogP contribution in [0.2, 0.25) is 0 Å². The monoisotopic (exact) mass is 423 g/mol. The van der Waals surface area contributed by atoms with Crippen molar-refractivity contribution in [2.24, 2.45) is 0 Å². The molecule has 0 atom stereocenters. The zero-order valence-electron chi connectivity index (χ0n) is 18.3. The summed E-state index contributed by atoms with van der Waals surface area (Å²) in [5, 5.41) is 6.06. The molecule has 0 aliphatic carbocycles. The number of fused-ring (bicyclic) bond motifs is 2. The van der Waals surface area contributed by atoms with E-state index in [4.69, 9.17) is 0 Å². The Labute approximate surface area is 186 Å². The minimum absolute atomic E-state index is 0.0875. The average Bonchev–Trinajstić information content (AvgIpc) is 2.82. The number of rotatable bonds is 3. The van der Waals surface area contributed by atoms with Gasteiger partial charge in [-0.15, -0.1) is 0 Å². The Morgan fingerprint density at radius 2 is 1.69 bits per heavy atom. The third kappa shape index (κ3) is 3.50. The summed E-state index contributed by atoms with van der Waals surface area (Å²) < 4.78 is 1.33. The van der Waals surface area contributed by atoms with Gasteiger partial charge in [0, 0.05) is 23.2 Å². The molecule has 0 spiro atoms. The van der Waals surface area contributed by atoms with E-state index in [9.17, 15) is 9.59 Å². The molecular formula is C27H25N3O2. The van der Waals surface area contributed by atoms with E-state index in [1.807, 2.05) is 42.5 Å². The second-order valence-electron chi connectivity index (χ2n) is 8.43. The number of hydrogen-bond donors (Lipinski definition) is 0. The maximum absolute atomic E-state index is 13.3. The fraction of sp³-hybridized carbons (Fsp3) is 0.222. The van der Waals surface area contributed by atoms with Crippen LogP contribution in [0.3, 0.4) is 0 Å². The smallest absolute Gasteiger partial charge is 0.275 e. The number of benzene rings is 3. The van der Waals surface area contributed by atoms with Gasteiger partial charge in [-0.2, -0.15) is 5.10 Å². The summed E-state index contributed by atoms with van der Waals surface area (Å²) in [5.41, 5.74) is 5.88. The van der Waals surface area contributed by atoms with Crippen LogP contribution >= 0.6 is 0 Å². The zero-order chi connectivity index (χ0) is 22.2. The summed E-state index contributed by atoms with van der Waals surface area (Å²) in [4.78, 5) is 28.3. The van der Waals surface area contributed by atoms with Crippen LogP contribution in [0.25, 0.3) is 22.0 Å². The molecule has 0 unspecified atom stereocenters. The van der Waals surface area contributed by atoms with Gasteiger partial charge in [-0.1, -0.05) is 48.5 Å². The molecule has 1 aliphatic heterocycles. The van der Waals surface area contributed by atoms with Gasteiger partial charge in [0.1, 0.15) is 6.54 Å². The van der Waals surface area contributed by atoms with E-state index < -0.39 is 0 Å². The van der Waals surface area contributed by atoms with Crippen LogP contribution in [0.5, 0.6) is 0 Å². The Hall–Kier alpha value is -3.73. The molecule has 0 radical (unpaired) electrons. The highest BCUT2D eigenvalue weighted by atomic mass is 16.2. The molecule has 5 rings (SSSR count). The minimum atomic E-state index is -0.244. The molecule has 160 valence electrons. The van der Waals surface area contributed by atoms with Crippen molar-refractivity contribution in [2.45, 2.75) is 33.2 Å². The predicted molar refractivity (Wildman–Crippen MR) is 128 cm³/mol. The number of nitrogens with zero attached hydrogens (tertiary/aromatic N) is 3. The maximum atomic E-state index is 13.3. The van der Waals surface area contributed by atoms with Gasteiger partial charge in [0.05, 0.1) is 11.1 Å². The molecule has 0 fully saturated rings. The first kappa shape index (κ1) is 20.2. The van der Waals surface area contributed by atoms with E-state index in [-0.39, 0.29) is 18.0 Å². The van der Waals surface area contributed by atoms with Crippen molar-refractivity contribution in [2.75, 3.05) is 11.4 Å². The lowest BCUT2D eigenvalue weighted by atomic mass is 10.0. The SMILES string of the molecule is Cc1ccc(-c2nn(CC(=O)N3CCCc4ccccc43)c(=O)c3ccccc23)cc1C. The zero-order valence-corrected chi connectivity index (χ0v) is 18.3. The van der Waals surface area contributed by atoms with Crippen LogP contribution in [0, 0.1) is 13.8 Å². The van der Waals surface area contributed by atoms with Crippen LogP contribution < -0.4 is 10.5 Å². The lowest BCUT2D eigenvalue weighted by Gasteiger charge is -2.29. The van der Waals surface area contributed by atoms with Gasteiger partial charge in [-0.05, 0) is 61.6 Å². The molecule has 0 saturated carbocycles. The molecule has 1 aromatic heterocycles. The number of aryl methyl sites for hydroxylation is 3. The topological polar surface area (TPSA) is 55.2 Å². The van der Waals surface area contributed by atoms with Crippen molar-refractivity contribution < 1.29 is 4.79 Å². The molecular weight excluding hydrogens is 398 g/mol. The third-order valence-corrected chi connectivity index (χ3v) is 6.34. The Balaban J connectivity index is 1.59. The van der Waals surface area contributed by atoms with E-state index in [0.29, 0.717) is 11.9 Å². The number of carbonyl (C=O) groups is 1. The molecule has 3 aromatic carbocycles.